The summed E-state index contributed by atoms with van der Waals surface area (Å²) in [4.78, 5) is 3.94. The summed E-state index contributed by atoms with van der Waals surface area (Å²) in [6, 6.07) is 82.7. The van der Waals surface area contributed by atoms with Crippen LogP contribution in [0.2, 0.25) is 0 Å². The van der Waals surface area contributed by atoms with Gasteiger partial charge in [-0.2, -0.15) is 0 Å². The number of amidine groups is 1. The molecule has 0 radical (unpaired) electrons. The fraction of sp³-hybridized carbons (Fsp3) is 0.0312. The average Bonchev–Trinajstić information content (AvgIpc) is 4.08. The van der Waals surface area contributed by atoms with E-state index in [-0.39, 0.29) is 5.84 Å². The van der Waals surface area contributed by atoms with Gasteiger partial charge in [0.2, 0.25) is 0 Å². The van der Waals surface area contributed by atoms with Crippen molar-refractivity contribution in [3.8, 4) is 33.6 Å². The predicted molar refractivity (Wildman–Crippen MR) is 295 cm³/mol. The van der Waals surface area contributed by atoms with Crippen LogP contribution in [-0.4, -0.2) is 21.7 Å². The monoisotopic (exact) mass is 903 g/mol. The Morgan fingerprint density at radius 2 is 1.03 bits per heavy atom. The van der Waals surface area contributed by atoms with Crippen molar-refractivity contribution >= 4 is 78.1 Å². The number of aryl methyl sites for hydroxylation is 1. The molecule has 13 aromatic rings. The average molecular weight is 904 g/mol. The van der Waals surface area contributed by atoms with Gasteiger partial charge in [-0.05, 0) is 95.6 Å². The van der Waals surface area contributed by atoms with E-state index in [0.29, 0.717) is 6.54 Å². The molecule has 336 valence electrons. The lowest BCUT2D eigenvalue weighted by Gasteiger charge is -2.13. The van der Waals surface area contributed by atoms with Gasteiger partial charge >= 0.3 is 0 Å². The van der Waals surface area contributed by atoms with Crippen molar-refractivity contribution in [1.82, 2.24) is 9.13 Å². The van der Waals surface area contributed by atoms with Crippen molar-refractivity contribution in [3.63, 3.8) is 0 Å². The second-order valence-corrected chi connectivity index (χ2v) is 17.5. The summed E-state index contributed by atoms with van der Waals surface area (Å²) in [6.45, 7) is 6.33. The Morgan fingerprint density at radius 1 is 0.486 bits per heavy atom. The molecule has 0 saturated carbocycles. The van der Waals surface area contributed by atoms with Crippen LogP contribution in [0.5, 0.6) is 0 Å². The van der Waals surface area contributed by atoms with Crippen molar-refractivity contribution in [1.29, 1.82) is 5.41 Å². The highest BCUT2D eigenvalue weighted by Gasteiger charge is 2.21. The molecule has 6 heteroatoms. The van der Waals surface area contributed by atoms with Gasteiger partial charge in [-0.1, -0.05) is 188 Å². The first kappa shape index (κ1) is 43.3. The van der Waals surface area contributed by atoms with Crippen molar-refractivity contribution < 1.29 is 4.42 Å². The highest BCUT2D eigenvalue weighted by molar-refractivity contribution is 6.24. The fourth-order valence-corrected chi connectivity index (χ4v) is 9.81. The number of benzene rings is 10. The Balaban J connectivity index is 0.000000143. The third kappa shape index (κ3) is 8.07. The first-order valence-corrected chi connectivity index (χ1v) is 23.4. The van der Waals surface area contributed by atoms with Gasteiger partial charge < -0.3 is 19.3 Å². The Labute approximate surface area is 406 Å². The van der Waals surface area contributed by atoms with Gasteiger partial charge in [0.15, 0.2) is 0 Å². The molecule has 3 heterocycles. The number of furan rings is 1. The first-order chi connectivity index (χ1) is 34.4. The number of hydrogen-bond acceptors (Lipinski definition) is 3. The van der Waals surface area contributed by atoms with Crippen LogP contribution >= 0.6 is 0 Å². The van der Waals surface area contributed by atoms with Gasteiger partial charge in [0.05, 0.1) is 28.6 Å². The summed E-state index contributed by atoms with van der Waals surface area (Å²) in [5.74, 6) is 0.121. The second kappa shape index (κ2) is 18.8. The van der Waals surface area contributed by atoms with E-state index < -0.39 is 0 Å². The number of nitrogen functional groups attached to an aromatic ring is 1. The molecule has 70 heavy (non-hydrogen) atoms. The molecule has 13 rings (SSSR count). The minimum absolute atomic E-state index is 0.121. The van der Waals surface area contributed by atoms with Crippen molar-refractivity contribution in [2.24, 2.45) is 10.7 Å². The molecule has 0 fully saturated rings. The molecule has 0 spiro atoms. The molecule has 0 atom stereocenters. The van der Waals surface area contributed by atoms with E-state index in [4.69, 9.17) is 15.6 Å². The van der Waals surface area contributed by atoms with Crippen LogP contribution in [0.1, 0.15) is 16.7 Å². The van der Waals surface area contributed by atoms with E-state index in [9.17, 15) is 0 Å². The minimum Gasteiger partial charge on any atom is -0.456 e. The number of aliphatic imine (C=N–C) groups is 1. The molecule has 0 saturated heterocycles. The summed E-state index contributed by atoms with van der Waals surface area (Å²) in [7, 11) is 0. The first-order valence-electron chi connectivity index (χ1n) is 23.4. The molecule has 10 aromatic carbocycles. The molecule has 3 aromatic heterocycles. The van der Waals surface area contributed by atoms with E-state index >= 15 is 0 Å². The van der Waals surface area contributed by atoms with E-state index in [0.717, 1.165) is 33.4 Å². The summed E-state index contributed by atoms with van der Waals surface area (Å²) in [6.07, 6.45) is 0. The van der Waals surface area contributed by atoms with E-state index in [1.54, 1.807) is 0 Å². The van der Waals surface area contributed by atoms with Gasteiger partial charge in [0, 0.05) is 49.3 Å². The van der Waals surface area contributed by atoms with E-state index in [2.05, 4.69) is 216 Å². The van der Waals surface area contributed by atoms with Crippen molar-refractivity contribution in [2.75, 3.05) is 0 Å². The van der Waals surface area contributed by atoms with Crippen LogP contribution in [0.3, 0.4) is 0 Å². The third-order valence-electron chi connectivity index (χ3n) is 13.0. The maximum absolute atomic E-state index is 7.01. The summed E-state index contributed by atoms with van der Waals surface area (Å²) in [5, 5.41) is 14.4. The number of rotatable bonds is 7. The summed E-state index contributed by atoms with van der Waals surface area (Å²) < 4.78 is 10.9. The fourth-order valence-electron chi connectivity index (χ4n) is 9.81. The zero-order valence-corrected chi connectivity index (χ0v) is 38.8. The molecule has 0 aliphatic carbocycles. The molecule has 0 amide bonds. The quantitative estimate of drug-likeness (QED) is 0.123. The summed E-state index contributed by atoms with van der Waals surface area (Å²) >= 11 is 0. The molecule has 6 nitrogen and oxygen atoms in total. The lowest BCUT2D eigenvalue weighted by Crippen LogP contribution is -2.10. The van der Waals surface area contributed by atoms with Crippen molar-refractivity contribution in [3.05, 3.63) is 253 Å². The predicted octanol–water partition coefficient (Wildman–Crippen LogP) is 16.3. The molecule has 0 bridgehead atoms. The topological polar surface area (TPSA) is 85.2 Å². The number of nitrogens with zero attached hydrogens (tertiary/aromatic N) is 3. The molecular weight excluding hydrogens is 855 g/mol. The van der Waals surface area contributed by atoms with Gasteiger partial charge in [-0.3, -0.25) is 10.4 Å². The number of nitrogens with one attached hydrogen (secondary N) is 1. The molecule has 0 unspecified atom stereocenters. The van der Waals surface area contributed by atoms with Crippen LogP contribution in [0, 0.1) is 12.3 Å². The molecule has 0 aliphatic rings. The Hall–Kier alpha value is -9.26. The van der Waals surface area contributed by atoms with Crippen LogP contribution in [0.25, 0.3) is 99.2 Å². The zero-order valence-electron chi connectivity index (χ0n) is 38.8. The normalized spacial score (nSPS) is 11.2. The van der Waals surface area contributed by atoms with E-state index in [1.165, 1.54) is 82.5 Å². The molecular formula is C64H49N5O. The van der Waals surface area contributed by atoms with Gasteiger partial charge in [0.25, 0.3) is 0 Å². The largest absolute Gasteiger partial charge is 0.456 e. The van der Waals surface area contributed by atoms with Crippen LogP contribution in [0.4, 0.5) is 0 Å². The lowest BCUT2D eigenvalue weighted by atomic mass is 9.99. The molecule has 3 N–H and O–H groups in total. The minimum atomic E-state index is 0.121. The number of hydrogen-bond donors (Lipinski definition) is 2. The highest BCUT2D eigenvalue weighted by Crippen LogP contribution is 2.42. The number of fused-ring (bicyclic) bond motifs is 10. The third-order valence-corrected chi connectivity index (χ3v) is 13.0. The van der Waals surface area contributed by atoms with Crippen LogP contribution in [-0.2, 0) is 6.54 Å². The number of para-hydroxylation sites is 2. The van der Waals surface area contributed by atoms with Gasteiger partial charge in [0.1, 0.15) is 17.0 Å². The summed E-state index contributed by atoms with van der Waals surface area (Å²) in [5.41, 5.74) is 22.3. The van der Waals surface area contributed by atoms with Crippen LogP contribution < -0.4 is 5.73 Å². The Morgan fingerprint density at radius 3 is 1.63 bits per heavy atom. The van der Waals surface area contributed by atoms with Gasteiger partial charge in [-0.25, -0.2) is 0 Å². The smallest absolute Gasteiger partial charge is 0.136 e. The Bertz CT molecular complexity index is 4020. The molecule has 0 aliphatic heterocycles. The lowest BCUT2D eigenvalue weighted by molar-refractivity contribution is 0.668. The zero-order chi connectivity index (χ0) is 47.6. The standard InChI is InChI=1S/C37H26N2.C20H15NO.C7H8N2/c1-25-10-9-13-29(24-25)39-35-17-8-6-15-31(35)33-23-22-32-30-14-5-7-16-34(30)38(36(32)37(33)39)28-20-18-27(19-21-28)26-11-3-2-4-12-26;1-21-13-14-10-11-17-19(12-14)22-18-9-5-8-16(20(17)18)15-6-3-2-4-7-15;8-7(9)6-4-2-1-3-5-6/h2-24H,1H3;2-12H,1,13H2;1-5H,(H3,8,9). The SMILES string of the molecule is C=NCc1ccc2c(c1)oc1cccc(-c3ccccc3)c12.Cc1cccc(-n2c3ccccc3c3ccc4c5ccccc5n(-c5ccc(-c6ccccc6)cc5)c4c32)c1.N=C(N)c1ccccc1. The van der Waals surface area contributed by atoms with Gasteiger partial charge in [-0.15, -0.1) is 0 Å². The van der Waals surface area contributed by atoms with Crippen molar-refractivity contribution in [2.45, 2.75) is 13.5 Å². The van der Waals surface area contributed by atoms with E-state index in [1.807, 2.05) is 48.5 Å². The number of nitrogens with two attached hydrogens (primary N) is 1. The second-order valence-electron chi connectivity index (χ2n) is 17.5. The number of aromatic nitrogens is 2. The Kier molecular flexibility index (Phi) is 11.6. The maximum Gasteiger partial charge on any atom is 0.136 e. The maximum atomic E-state index is 7.01. The van der Waals surface area contributed by atoms with Crippen LogP contribution in [0.15, 0.2) is 246 Å². The highest BCUT2D eigenvalue weighted by atomic mass is 16.3.